The van der Waals surface area contributed by atoms with Gasteiger partial charge in [0.25, 0.3) is 0 Å². The Hall–Kier alpha value is -4.02. The van der Waals surface area contributed by atoms with Gasteiger partial charge in [0.05, 0.1) is 0 Å². The summed E-state index contributed by atoms with van der Waals surface area (Å²) in [6, 6.07) is 7.94. The van der Waals surface area contributed by atoms with E-state index in [2.05, 4.69) is 9.97 Å². The number of carbonyl (C=O) groups is 2. The predicted octanol–water partition coefficient (Wildman–Crippen LogP) is 1.66. The van der Waals surface area contributed by atoms with Crippen LogP contribution in [0.1, 0.15) is 11.1 Å². The summed E-state index contributed by atoms with van der Waals surface area (Å²) >= 11 is 0. The van der Waals surface area contributed by atoms with Crippen LogP contribution >= 0.6 is 0 Å². The van der Waals surface area contributed by atoms with Crippen molar-refractivity contribution in [1.29, 1.82) is 0 Å². The van der Waals surface area contributed by atoms with Crippen molar-refractivity contribution in [2.75, 3.05) is 0 Å². The quantitative estimate of drug-likeness (QED) is 0.221. The van der Waals surface area contributed by atoms with Crippen LogP contribution in [0.5, 0.6) is 11.5 Å². The van der Waals surface area contributed by atoms with E-state index in [1.807, 2.05) is 0 Å². The zero-order valence-electron chi connectivity index (χ0n) is 16.9. The van der Waals surface area contributed by atoms with E-state index in [0.29, 0.717) is 0 Å². The number of fused-ring (bicyclic) bond motifs is 2. The minimum atomic E-state index is -1.03. The Labute approximate surface area is 182 Å². The molecule has 0 radical (unpaired) electrons. The highest BCUT2D eigenvalue weighted by Crippen LogP contribution is 2.24. The summed E-state index contributed by atoms with van der Waals surface area (Å²) in [6.45, 7) is 0. The summed E-state index contributed by atoms with van der Waals surface area (Å²) in [7, 11) is 0. The fourth-order valence-electron chi connectivity index (χ4n) is 3.32. The average molecular weight is 440 g/mol. The molecule has 10 heteroatoms. The summed E-state index contributed by atoms with van der Waals surface area (Å²) in [5.41, 5.74) is 14.2. The largest absolute Gasteiger partial charge is 0.508 e. The number of aliphatic carboxylic acids is 2. The number of phenols is 2. The van der Waals surface area contributed by atoms with Crippen molar-refractivity contribution in [1.82, 2.24) is 9.97 Å². The maximum atomic E-state index is 10.6. The number of nitrogens with two attached hydrogens (primary N) is 2. The van der Waals surface area contributed by atoms with Crippen LogP contribution in [-0.4, -0.2) is 54.4 Å². The smallest absolute Gasteiger partial charge is 0.320 e. The van der Waals surface area contributed by atoms with Gasteiger partial charge in [-0.05, 0) is 47.5 Å². The number of carboxylic acid groups (broad SMARTS) is 2. The molecule has 1 unspecified atom stereocenters. The minimum Gasteiger partial charge on any atom is -0.508 e. The Balaban J connectivity index is 0.000000181. The van der Waals surface area contributed by atoms with Crippen molar-refractivity contribution < 1.29 is 30.0 Å². The van der Waals surface area contributed by atoms with Crippen molar-refractivity contribution in [3.63, 3.8) is 0 Å². The van der Waals surface area contributed by atoms with E-state index in [4.69, 9.17) is 21.7 Å². The number of nitrogens with one attached hydrogen (secondary N) is 2. The van der Waals surface area contributed by atoms with Crippen LogP contribution in [0.4, 0.5) is 0 Å². The number of H-pyrrole nitrogens is 2. The van der Waals surface area contributed by atoms with Gasteiger partial charge in [-0.3, -0.25) is 9.59 Å². The highest BCUT2D eigenvalue weighted by Gasteiger charge is 2.16. The van der Waals surface area contributed by atoms with E-state index in [9.17, 15) is 19.8 Å². The van der Waals surface area contributed by atoms with Crippen molar-refractivity contribution >= 4 is 33.7 Å². The van der Waals surface area contributed by atoms with E-state index in [-0.39, 0.29) is 24.3 Å². The molecule has 0 saturated heterocycles. The average Bonchev–Trinajstić information content (AvgIpc) is 3.32. The second-order valence-electron chi connectivity index (χ2n) is 7.39. The second-order valence-corrected chi connectivity index (χ2v) is 7.39. The topological polar surface area (TPSA) is 199 Å². The lowest BCUT2D eigenvalue weighted by Crippen LogP contribution is -2.32. The molecule has 32 heavy (non-hydrogen) atoms. The van der Waals surface area contributed by atoms with Crippen molar-refractivity contribution in [3.05, 3.63) is 59.9 Å². The van der Waals surface area contributed by atoms with E-state index >= 15 is 0 Å². The Morgan fingerprint density at radius 2 is 1.12 bits per heavy atom. The van der Waals surface area contributed by atoms with Crippen LogP contribution in [0, 0.1) is 0 Å². The SMILES string of the molecule is NC(Cc1c[nH]c2ccc(O)cc12)C(=O)O.N[C@@H](Cc1c[nH]c2ccc(O)cc12)C(=O)O. The van der Waals surface area contributed by atoms with E-state index < -0.39 is 24.0 Å². The minimum absolute atomic E-state index is 0.150. The first-order chi connectivity index (χ1) is 15.2. The predicted molar refractivity (Wildman–Crippen MR) is 119 cm³/mol. The summed E-state index contributed by atoms with van der Waals surface area (Å²) in [6.07, 6.45) is 3.90. The van der Waals surface area contributed by atoms with Gasteiger partial charge in [-0.15, -0.1) is 0 Å². The zero-order valence-corrected chi connectivity index (χ0v) is 16.9. The fourth-order valence-corrected chi connectivity index (χ4v) is 3.32. The van der Waals surface area contributed by atoms with Gasteiger partial charge in [-0.1, -0.05) is 0 Å². The number of phenolic OH excluding ortho intramolecular Hbond substituents is 2. The van der Waals surface area contributed by atoms with Crippen LogP contribution in [0.3, 0.4) is 0 Å². The number of hydrogen-bond acceptors (Lipinski definition) is 6. The summed E-state index contributed by atoms with van der Waals surface area (Å²) in [5.74, 6) is -1.77. The molecule has 2 aromatic heterocycles. The number of benzene rings is 2. The summed E-state index contributed by atoms with van der Waals surface area (Å²) < 4.78 is 0. The molecule has 2 atom stereocenters. The standard InChI is InChI=1S/2C11H12N2O3/c2*12-9(11(15)16)3-6-5-13-10-2-1-7(14)4-8(6)10/h2*1-2,4-5,9,13-14H,3,12H2,(H,15,16)/t9-;/m0./s1. The van der Waals surface area contributed by atoms with Crippen LogP contribution in [-0.2, 0) is 22.4 Å². The lowest BCUT2D eigenvalue weighted by atomic mass is 10.1. The molecule has 4 rings (SSSR count). The first-order valence-electron chi connectivity index (χ1n) is 9.70. The first kappa shape index (κ1) is 22.7. The van der Waals surface area contributed by atoms with Crippen molar-refractivity contribution in [3.8, 4) is 11.5 Å². The Morgan fingerprint density at radius 1 is 0.750 bits per heavy atom. The summed E-state index contributed by atoms with van der Waals surface area (Å²) in [4.78, 5) is 27.3. The highest BCUT2D eigenvalue weighted by molar-refractivity contribution is 5.86. The number of aromatic hydroxyl groups is 2. The van der Waals surface area contributed by atoms with Crippen LogP contribution in [0.15, 0.2) is 48.8 Å². The molecule has 168 valence electrons. The van der Waals surface area contributed by atoms with Gasteiger partial charge >= 0.3 is 11.9 Å². The lowest BCUT2D eigenvalue weighted by Gasteiger charge is -2.04. The zero-order chi connectivity index (χ0) is 23.4. The monoisotopic (exact) mass is 440 g/mol. The van der Waals surface area contributed by atoms with Crippen LogP contribution in [0.2, 0.25) is 0 Å². The summed E-state index contributed by atoms with van der Waals surface area (Å²) in [5, 5.41) is 37.8. The number of carboxylic acids is 2. The molecule has 0 aliphatic heterocycles. The Kier molecular flexibility index (Phi) is 6.67. The third kappa shape index (κ3) is 5.17. The molecule has 0 saturated carbocycles. The van der Waals surface area contributed by atoms with Gasteiger partial charge in [0.2, 0.25) is 0 Å². The molecule has 0 aliphatic rings. The van der Waals surface area contributed by atoms with E-state index in [1.54, 1.807) is 48.8 Å². The Morgan fingerprint density at radius 3 is 1.47 bits per heavy atom. The van der Waals surface area contributed by atoms with Crippen LogP contribution in [0.25, 0.3) is 21.8 Å². The number of aromatic nitrogens is 2. The normalized spacial score (nSPS) is 12.8. The molecule has 2 heterocycles. The molecule has 10 N–H and O–H groups in total. The number of aromatic amines is 2. The molecule has 4 aromatic rings. The Bertz CT molecular complexity index is 1160. The number of rotatable bonds is 6. The molecule has 2 aromatic carbocycles. The van der Waals surface area contributed by atoms with Gasteiger partial charge in [-0.25, -0.2) is 0 Å². The molecule has 10 nitrogen and oxygen atoms in total. The first-order valence-corrected chi connectivity index (χ1v) is 9.70. The molecule has 0 aliphatic carbocycles. The highest BCUT2D eigenvalue weighted by atomic mass is 16.4. The van der Waals surface area contributed by atoms with Gasteiger partial charge in [0.1, 0.15) is 23.6 Å². The van der Waals surface area contributed by atoms with Gasteiger partial charge < -0.3 is 41.9 Å². The van der Waals surface area contributed by atoms with Gasteiger partial charge in [0, 0.05) is 47.0 Å². The molecule has 0 amide bonds. The number of hydrogen-bond donors (Lipinski definition) is 8. The van der Waals surface area contributed by atoms with E-state index in [0.717, 1.165) is 32.9 Å². The molecular weight excluding hydrogens is 416 g/mol. The van der Waals surface area contributed by atoms with E-state index in [1.165, 1.54) is 0 Å². The lowest BCUT2D eigenvalue weighted by molar-refractivity contribution is -0.139. The molecule has 0 bridgehead atoms. The third-order valence-corrected chi connectivity index (χ3v) is 5.02. The third-order valence-electron chi connectivity index (χ3n) is 5.02. The molecule has 0 spiro atoms. The fraction of sp³-hybridized carbons (Fsp3) is 0.182. The van der Waals surface area contributed by atoms with Gasteiger partial charge in [-0.2, -0.15) is 0 Å². The maximum absolute atomic E-state index is 10.6. The maximum Gasteiger partial charge on any atom is 0.320 e. The van der Waals surface area contributed by atoms with Gasteiger partial charge in [0.15, 0.2) is 0 Å². The molecule has 0 fully saturated rings. The van der Waals surface area contributed by atoms with Crippen molar-refractivity contribution in [2.45, 2.75) is 24.9 Å². The second kappa shape index (κ2) is 9.41. The van der Waals surface area contributed by atoms with Crippen LogP contribution < -0.4 is 11.5 Å². The molecular formula is C22H24N4O6. The van der Waals surface area contributed by atoms with Crippen molar-refractivity contribution in [2.24, 2.45) is 11.5 Å².